The van der Waals surface area contributed by atoms with Crippen molar-refractivity contribution in [2.45, 2.75) is 19.8 Å². The van der Waals surface area contributed by atoms with Gasteiger partial charge in [0.05, 0.1) is 0 Å². The van der Waals surface area contributed by atoms with E-state index in [2.05, 4.69) is 38.4 Å². The fourth-order valence-electron chi connectivity index (χ4n) is 1.54. The van der Waals surface area contributed by atoms with E-state index in [1.54, 1.807) is 6.08 Å². The number of benzene rings is 1. The quantitative estimate of drug-likeness (QED) is 0.831. The second kappa shape index (κ2) is 7.31. The van der Waals surface area contributed by atoms with Crippen LogP contribution in [0.1, 0.15) is 23.9 Å². The first-order valence-electron chi connectivity index (χ1n) is 6.25. The predicted octanol–water partition coefficient (Wildman–Crippen LogP) is 3.91. The van der Waals surface area contributed by atoms with Gasteiger partial charge < -0.3 is 0 Å². The SMILES string of the molecule is CCCc1nnc(NC(=O)/C=C/c2ccccc2Br)s1. The highest BCUT2D eigenvalue weighted by molar-refractivity contribution is 9.10. The molecule has 1 amide bonds. The zero-order valence-electron chi connectivity index (χ0n) is 11.0. The summed E-state index contributed by atoms with van der Waals surface area (Å²) >= 11 is 4.84. The van der Waals surface area contributed by atoms with Crippen LogP contribution < -0.4 is 5.32 Å². The highest BCUT2D eigenvalue weighted by Crippen LogP contribution is 2.18. The number of carbonyl (C=O) groups excluding carboxylic acids is 1. The Morgan fingerprint density at radius 1 is 1.40 bits per heavy atom. The summed E-state index contributed by atoms with van der Waals surface area (Å²) in [7, 11) is 0. The van der Waals surface area contributed by atoms with Crippen LogP contribution in [0.15, 0.2) is 34.8 Å². The molecule has 4 nitrogen and oxygen atoms in total. The van der Waals surface area contributed by atoms with Gasteiger partial charge in [-0.3, -0.25) is 10.1 Å². The number of anilines is 1. The van der Waals surface area contributed by atoms with Gasteiger partial charge in [0.2, 0.25) is 11.0 Å². The van der Waals surface area contributed by atoms with Crippen LogP contribution in [0.3, 0.4) is 0 Å². The Morgan fingerprint density at radius 3 is 2.95 bits per heavy atom. The lowest BCUT2D eigenvalue weighted by Crippen LogP contribution is -2.07. The van der Waals surface area contributed by atoms with Crippen LogP contribution in [0.4, 0.5) is 5.13 Å². The Bertz CT molecular complexity index is 624. The van der Waals surface area contributed by atoms with Crippen molar-refractivity contribution in [3.8, 4) is 0 Å². The van der Waals surface area contributed by atoms with Crippen molar-refractivity contribution in [1.82, 2.24) is 10.2 Å². The van der Waals surface area contributed by atoms with E-state index in [9.17, 15) is 4.79 Å². The molecule has 0 spiro atoms. The summed E-state index contributed by atoms with van der Waals surface area (Å²) in [6, 6.07) is 7.71. The molecule has 0 aliphatic heterocycles. The number of aryl methyl sites for hydroxylation is 1. The van der Waals surface area contributed by atoms with E-state index in [0.29, 0.717) is 5.13 Å². The molecule has 20 heavy (non-hydrogen) atoms. The molecular formula is C14H14BrN3OS. The molecule has 0 aliphatic rings. The average molecular weight is 352 g/mol. The Balaban J connectivity index is 1.96. The largest absolute Gasteiger partial charge is 0.297 e. The zero-order chi connectivity index (χ0) is 14.4. The van der Waals surface area contributed by atoms with Crippen molar-refractivity contribution in [3.05, 3.63) is 45.4 Å². The zero-order valence-corrected chi connectivity index (χ0v) is 13.4. The van der Waals surface area contributed by atoms with Crippen molar-refractivity contribution in [3.63, 3.8) is 0 Å². The standard InChI is InChI=1S/C14H14BrN3OS/c1-2-5-13-17-18-14(20-13)16-12(19)9-8-10-6-3-4-7-11(10)15/h3-4,6-9H,2,5H2,1H3,(H,16,18,19)/b9-8+. The lowest BCUT2D eigenvalue weighted by Gasteiger charge is -1.97. The topological polar surface area (TPSA) is 54.9 Å². The first-order valence-corrected chi connectivity index (χ1v) is 7.86. The summed E-state index contributed by atoms with van der Waals surface area (Å²) < 4.78 is 0.949. The number of carbonyl (C=O) groups is 1. The molecule has 1 heterocycles. The van der Waals surface area contributed by atoms with Crippen LogP contribution in [0.2, 0.25) is 0 Å². The normalized spacial score (nSPS) is 10.9. The molecule has 0 fully saturated rings. The van der Waals surface area contributed by atoms with E-state index < -0.39 is 0 Å². The van der Waals surface area contributed by atoms with E-state index in [1.165, 1.54) is 17.4 Å². The minimum atomic E-state index is -0.208. The highest BCUT2D eigenvalue weighted by Gasteiger charge is 2.05. The van der Waals surface area contributed by atoms with Gasteiger partial charge in [-0.25, -0.2) is 0 Å². The second-order valence-electron chi connectivity index (χ2n) is 4.10. The number of aromatic nitrogens is 2. The molecule has 0 radical (unpaired) electrons. The molecule has 0 saturated carbocycles. The van der Waals surface area contributed by atoms with Gasteiger partial charge in [0.1, 0.15) is 5.01 Å². The van der Waals surface area contributed by atoms with Crippen molar-refractivity contribution >= 4 is 44.4 Å². The van der Waals surface area contributed by atoms with E-state index in [4.69, 9.17) is 0 Å². The molecule has 2 rings (SSSR count). The Morgan fingerprint density at radius 2 is 2.20 bits per heavy atom. The number of nitrogens with zero attached hydrogens (tertiary/aromatic N) is 2. The predicted molar refractivity (Wildman–Crippen MR) is 85.7 cm³/mol. The fourth-order valence-corrected chi connectivity index (χ4v) is 2.80. The third-order valence-corrected chi connectivity index (χ3v) is 4.10. The van der Waals surface area contributed by atoms with Crippen molar-refractivity contribution in [1.29, 1.82) is 0 Å². The molecule has 104 valence electrons. The maximum Gasteiger partial charge on any atom is 0.250 e. The van der Waals surface area contributed by atoms with Crippen LogP contribution >= 0.6 is 27.3 Å². The summed E-state index contributed by atoms with van der Waals surface area (Å²) in [5.41, 5.74) is 0.951. The van der Waals surface area contributed by atoms with Gasteiger partial charge in [0, 0.05) is 17.0 Å². The van der Waals surface area contributed by atoms with Gasteiger partial charge in [-0.15, -0.1) is 10.2 Å². The minimum absolute atomic E-state index is 0.208. The Hall–Kier alpha value is -1.53. The number of rotatable bonds is 5. The van der Waals surface area contributed by atoms with Gasteiger partial charge in [-0.1, -0.05) is 52.4 Å². The summed E-state index contributed by atoms with van der Waals surface area (Å²) in [4.78, 5) is 11.8. The molecule has 0 aliphatic carbocycles. The lowest BCUT2D eigenvalue weighted by molar-refractivity contribution is -0.111. The second-order valence-corrected chi connectivity index (χ2v) is 6.01. The first kappa shape index (κ1) is 14.9. The molecule has 1 aromatic heterocycles. The van der Waals surface area contributed by atoms with E-state index in [-0.39, 0.29) is 5.91 Å². The molecule has 0 unspecified atom stereocenters. The number of hydrogen-bond acceptors (Lipinski definition) is 4. The van der Waals surface area contributed by atoms with Gasteiger partial charge >= 0.3 is 0 Å². The van der Waals surface area contributed by atoms with E-state index in [1.807, 2.05) is 24.3 Å². The summed E-state index contributed by atoms with van der Waals surface area (Å²) in [6.45, 7) is 2.08. The number of nitrogens with one attached hydrogen (secondary N) is 1. The van der Waals surface area contributed by atoms with Crippen LogP contribution in [0.5, 0.6) is 0 Å². The van der Waals surface area contributed by atoms with Crippen LogP contribution in [0.25, 0.3) is 6.08 Å². The molecular weight excluding hydrogens is 338 g/mol. The number of hydrogen-bond donors (Lipinski definition) is 1. The van der Waals surface area contributed by atoms with Gasteiger partial charge in [0.25, 0.3) is 0 Å². The van der Waals surface area contributed by atoms with Gasteiger partial charge in [-0.2, -0.15) is 0 Å². The lowest BCUT2D eigenvalue weighted by atomic mass is 10.2. The summed E-state index contributed by atoms with van der Waals surface area (Å²) in [6.07, 6.45) is 5.15. The number of halogens is 1. The maximum absolute atomic E-state index is 11.8. The maximum atomic E-state index is 11.8. The van der Waals surface area contributed by atoms with E-state index in [0.717, 1.165) is 27.9 Å². The van der Waals surface area contributed by atoms with Crippen LogP contribution in [-0.4, -0.2) is 16.1 Å². The van der Waals surface area contributed by atoms with Crippen molar-refractivity contribution in [2.75, 3.05) is 5.32 Å². The summed E-state index contributed by atoms with van der Waals surface area (Å²) in [5, 5.41) is 12.1. The average Bonchev–Trinajstić information content (AvgIpc) is 2.85. The molecule has 2 aromatic rings. The first-order chi connectivity index (χ1) is 9.69. The molecule has 0 atom stereocenters. The fraction of sp³-hybridized carbons (Fsp3) is 0.214. The van der Waals surface area contributed by atoms with Crippen molar-refractivity contribution < 1.29 is 4.79 Å². The van der Waals surface area contributed by atoms with Crippen LogP contribution in [-0.2, 0) is 11.2 Å². The smallest absolute Gasteiger partial charge is 0.250 e. The molecule has 0 saturated heterocycles. The van der Waals surface area contributed by atoms with Crippen LogP contribution in [0, 0.1) is 0 Å². The third-order valence-electron chi connectivity index (χ3n) is 2.48. The monoisotopic (exact) mass is 351 g/mol. The molecule has 1 N–H and O–H groups in total. The Kier molecular flexibility index (Phi) is 5.43. The summed E-state index contributed by atoms with van der Waals surface area (Å²) in [5.74, 6) is -0.208. The highest BCUT2D eigenvalue weighted by atomic mass is 79.9. The van der Waals surface area contributed by atoms with Gasteiger partial charge in [-0.05, 0) is 24.1 Å². The van der Waals surface area contributed by atoms with E-state index >= 15 is 0 Å². The molecule has 1 aromatic carbocycles. The third kappa shape index (κ3) is 4.25. The van der Waals surface area contributed by atoms with Gasteiger partial charge in [0.15, 0.2) is 0 Å². The molecule has 0 bridgehead atoms. The molecule has 6 heteroatoms. The Labute approximate surface area is 130 Å². The minimum Gasteiger partial charge on any atom is -0.297 e. The number of amides is 1. The van der Waals surface area contributed by atoms with Crippen molar-refractivity contribution in [2.24, 2.45) is 0 Å².